The van der Waals surface area contributed by atoms with Crippen molar-refractivity contribution >= 4 is 45.7 Å². The van der Waals surface area contributed by atoms with Crippen LogP contribution in [0.5, 0.6) is 0 Å². The van der Waals surface area contributed by atoms with E-state index in [9.17, 15) is 32.7 Å². The third kappa shape index (κ3) is 6.16. The molecule has 0 radical (unpaired) electrons. The van der Waals surface area contributed by atoms with Crippen LogP contribution in [-0.4, -0.2) is 51.9 Å². The molecule has 0 atom stereocenters. The number of alkyl halides is 3. The van der Waals surface area contributed by atoms with Gasteiger partial charge in [0.05, 0.1) is 28.1 Å². The van der Waals surface area contributed by atoms with Gasteiger partial charge in [0.25, 0.3) is 11.8 Å². The number of aromatic carboxylic acids is 1. The minimum atomic E-state index is -4.54. The highest BCUT2D eigenvalue weighted by molar-refractivity contribution is 6.13. The van der Waals surface area contributed by atoms with Crippen molar-refractivity contribution in [1.29, 1.82) is 0 Å². The van der Waals surface area contributed by atoms with Crippen LogP contribution < -0.4 is 15.5 Å². The SMILES string of the molecule is O=C(Nc1ccccc1C(=O)O)c1ccc(N2CCCCC2)c(NC(=O)c2nn(CC(F)(F)F)c3ccccc23)c1. The number of carboxylic acids is 1. The summed E-state index contributed by atoms with van der Waals surface area (Å²) in [5, 5.41) is 19.1. The van der Waals surface area contributed by atoms with E-state index in [1.807, 2.05) is 0 Å². The third-order valence-corrected chi connectivity index (χ3v) is 6.81. The predicted octanol–water partition coefficient (Wildman–Crippen LogP) is 5.79. The van der Waals surface area contributed by atoms with Crippen molar-refractivity contribution in [2.45, 2.75) is 32.0 Å². The van der Waals surface area contributed by atoms with Crippen LogP contribution in [0.15, 0.2) is 66.7 Å². The highest BCUT2D eigenvalue weighted by Gasteiger charge is 2.31. The second-order valence-electron chi connectivity index (χ2n) is 9.68. The molecular weight excluding hydrogens is 539 g/mol. The van der Waals surface area contributed by atoms with Gasteiger partial charge in [-0.1, -0.05) is 30.3 Å². The van der Waals surface area contributed by atoms with Crippen molar-refractivity contribution in [3.8, 4) is 0 Å². The molecule has 1 aliphatic heterocycles. The summed E-state index contributed by atoms with van der Waals surface area (Å²) in [5.74, 6) is -2.53. The number of amides is 2. The van der Waals surface area contributed by atoms with E-state index in [-0.39, 0.29) is 39.1 Å². The average Bonchev–Trinajstić information content (AvgIpc) is 3.30. The zero-order valence-electron chi connectivity index (χ0n) is 21.7. The molecule has 1 fully saturated rings. The molecule has 0 aliphatic carbocycles. The number of hydrogen-bond acceptors (Lipinski definition) is 5. The van der Waals surface area contributed by atoms with Crippen molar-refractivity contribution in [3.63, 3.8) is 0 Å². The number of halogens is 3. The molecule has 0 unspecified atom stereocenters. The van der Waals surface area contributed by atoms with Crippen LogP contribution in [0.1, 0.15) is 50.5 Å². The smallest absolute Gasteiger partial charge is 0.408 e. The molecule has 12 heteroatoms. The lowest BCUT2D eigenvalue weighted by molar-refractivity contribution is -0.141. The van der Waals surface area contributed by atoms with E-state index in [2.05, 4.69) is 20.6 Å². The van der Waals surface area contributed by atoms with Crippen LogP contribution >= 0.6 is 0 Å². The maximum Gasteiger partial charge on any atom is 0.408 e. The van der Waals surface area contributed by atoms with E-state index in [1.54, 1.807) is 36.4 Å². The minimum absolute atomic E-state index is 0.0827. The molecule has 41 heavy (non-hydrogen) atoms. The summed E-state index contributed by atoms with van der Waals surface area (Å²) in [5.41, 5.74) is 1.09. The maximum atomic E-state index is 13.5. The third-order valence-electron chi connectivity index (χ3n) is 6.81. The Morgan fingerprint density at radius 3 is 2.27 bits per heavy atom. The molecule has 1 aromatic heterocycles. The topological polar surface area (TPSA) is 117 Å². The van der Waals surface area contributed by atoms with E-state index in [0.29, 0.717) is 5.69 Å². The minimum Gasteiger partial charge on any atom is -0.478 e. The Morgan fingerprint density at radius 2 is 1.54 bits per heavy atom. The zero-order valence-corrected chi connectivity index (χ0v) is 21.7. The number of rotatable bonds is 7. The number of carboxylic acid groups (broad SMARTS) is 1. The van der Waals surface area contributed by atoms with Gasteiger partial charge in [-0.15, -0.1) is 0 Å². The van der Waals surface area contributed by atoms with Crippen LogP contribution in [0.25, 0.3) is 10.9 Å². The van der Waals surface area contributed by atoms with Gasteiger partial charge in [-0.3, -0.25) is 14.3 Å². The molecule has 212 valence electrons. The molecule has 0 spiro atoms. The standard InChI is InChI=1S/C29H26F3N5O4/c30-29(31,32)17-37-23-11-5-3-9-20(23)25(35-37)27(39)34-22-16-18(12-13-24(22)36-14-6-1-7-15-36)26(38)33-21-10-4-2-8-19(21)28(40)41/h2-5,8-13,16H,1,6-7,14-15,17H2,(H,33,38)(H,34,39)(H,40,41). The number of fused-ring (bicyclic) bond motifs is 1. The summed E-state index contributed by atoms with van der Waals surface area (Å²) in [7, 11) is 0. The van der Waals surface area contributed by atoms with Crippen molar-refractivity contribution in [3.05, 3.63) is 83.6 Å². The first-order chi connectivity index (χ1) is 19.6. The van der Waals surface area contributed by atoms with Crippen molar-refractivity contribution in [1.82, 2.24) is 9.78 Å². The quantitative estimate of drug-likeness (QED) is 0.261. The van der Waals surface area contributed by atoms with E-state index in [0.717, 1.165) is 37.0 Å². The lowest BCUT2D eigenvalue weighted by Crippen LogP contribution is -2.30. The molecule has 2 heterocycles. The van der Waals surface area contributed by atoms with Crippen LogP contribution in [0.4, 0.5) is 30.2 Å². The van der Waals surface area contributed by atoms with Gasteiger partial charge >= 0.3 is 12.1 Å². The number of aromatic nitrogens is 2. The molecule has 1 aliphatic rings. The van der Waals surface area contributed by atoms with Gasteiger partial charge in [-0.2, -0.15) is 18.3 Å². The van der Waals surface area contributed by atoms with Crippen LogP contribution in [0, 0.1) is 0 Å². The van der Waals surface area contributed by atoms with Gasteiger partial charge in [0.2, 0.25) is 0 Å². The lowest BCUT2D eigenvalue weighted by atomic mass is 10.1. The highest BCUT2D eigenvalue weighted by Crippen LogP contribution is 2.32. The Balaban J connectivity index is 1.49. The first-order valence-corrected chi connectivity index (χ1v) is 13.0. The summed E-state index contributed by atoms with van der Waals surface area (Å²) < 4.78 is 40.3. The summed E-state index contributed by atoms with van der Waals surface area (Å²) in [6.07, 6.45) is -1.60. The average molecular weight is 566 g/mol. The highest BCUT2D eigenvalue weighted by atomic mass is 19.4. The van der Waals surface area contributed by atoms with E-state index >= 15 is 0 Å². The molecule has 0 saturated carbocycles. The fourth-order valence-corrected chi connectivity index (χ4v) is 4.93. The van der Waals surface area contributed by atoms with Crippen molar-refractivity contribution in [2.75, 3.05) is 28.6 Å². The number of nitrogens with one attached hydrogen (secondary N) is 2. The summed E-state index contributed by atoms with van der Waals surface area (Å²) in [4.78, 5) is 40.3. The van der Waals surface area contributed by atoms with E-state index < -0.39 is 30.5 Å². The molecule has 0 bridgehead atoms. The zero-order chi connectivity index (χ0) is 29.1. The van der Waals surface area contributed by atoms with Gasteiger partial charge in [0.15, 0.2) is 5.69 Å². The van der Waals surface area contributed by atoms with Crippen molar-refractivity contribution in [2.24, 2.45) is 0 Å². The Kier molecular flexibility index (Phi) is 7.64. The maximum absolute atomic E-state index is 13.5. The van der Waals surface area contributed by atoms with Gasteiger partial charge in [0.1, 0.15) is 6.54 Å². The van der Waals surface area contributed by atoms with Gasteiger partial charge < -0.3 is 20.6 Å². The van der Waals surface area contributed by atoms with Gasteiger partial charge in [0, 0.05) is 24.0 Å². The molecule has 3 aromatic carbocycles. The molecule has 3 N–H and O–H groups in total. The first-order valence-electron chi connectivity index (χ1n) is 13.0. The van der Waals surface area contributed by atoms with Crippen LogP contribution in [0.2, 0.25) is 0 Å². The van der Waals surface area contributed by atoms with Gasteiger partial charge in [-0.05, 0) is 55.7 Å². The number of carbonyl (C=O) groups excluding carboxylic acids is 2. The Morgan fingerprint density at radius 1 is 0.854 bits per heavy atom. The second-order valence-corrected chi connectivity index (χ2v) is 9.68. The number of nitrogens with zero attached hydrogens (tertiary/aromatic N) is 3. The molecule has 2 amide bonds. The number of para-hydroxylation sites is 2. The number of carbonyl (C=O) groups is 3. The molecule has 1 saturated heterocycles. The Labute approximate surface area is 232 Å². The summed E-state index contributed by atoms with van der Waals surface area (Å²) in [6, 6.07) is 16.9. The number of anilines is 3. The second kappa shape index (κ2) is 11.3. The Hall–Kier alpha value is -4.87. The van der Waals surface area contributed by atoms with Gasteiger partial charge in [-0.25, -0.2) is 4.79 Å². The monoisotopic (exact) mass is 565 g/mol. The fourth-order valence-electron chi connectivity index (χ4n) is 4.93. The van der Waals surface area contributed by atoms with E-state index in [4.69, 9.17) is 0 Å². The molecule has 9 nitrogen and oxygen atoms in total. The number of hydrogen-bond donors (Lipinski definition) is 3. The lowest BCUT2D eigenvalue weighted by Gasteiger charge is -2.30. The first kappa shape index (κ1) is 27.7. The predicted molar refractivity (Wildman–Crippen MR) is 148 cm³/mol. The molecular formula is C29H26F3N5O4. The van der Waals surface area contributed by atoms with Crippen LogP contribution in [-0.2, 0) is 6.54 Å². The van der Waals surface area contributed by atoms with Crippen molar-refractivity contribution < 1.29 is 32.7 Å². The molecule has 5 rings (SSSR count). The summed E-state index contributed by atoms with van der Waals surface area (Å²) >= 11 is 0. The molecule has 4 aromatic rings. The normalized spacial score (nSPS) is 13.7. The van der Waals surface area contributed by atoms with E-state index in [1.165, 1.54) is 30.3 Å². The number of benzene rings is 3. The number of piperidine rings is 1. The summed E-state index contributed by atoms with van der Waals surface area (Å²) in [6.45, 7) is 0.0976. The Bertz CT molecular complexity index is 1630. The largest absolute Gasteiger partial charge is 0.478 e. The van der Waals surface area contributed by atoms with Crippen LogP contribution in [0.3, 0.4) is 0 Å². The fraction of sp³-hybridized carbons (Fsp3) is 0.241.